The summed E-state index contributed by atoms with van der Waals surface area (Å²) >= 11 is 0. The van der Waals surface area contributed by atoms with Gasteiger partial charge in [0.25, 0.3) is 0 Å². The Hall–Kier alpha value is -0.500. The Morgan fingerprint density at radius 1 is 0.462 bits per heavy atom. The molecule has 3 N–H and O–H groups in total. The van der Waals surface area contributed by atoms with Gasteiger partial charge in [0.15, 0.2) is 0 Å². The smallest absolute Gasteiger partial charge is 0.391 e. The van der Waals surface area contributed by atoms with Crippen molar-refractivity contribution in [3.63, 3.8) is 0 Å². The van der Waals surface area contributed by atoms with Crippen LogP contribution in [0.4, 0.5) is 0 Å². The summed E-state index contributed by atoms with van der Waals surface area (Å²) in [4.78, 5) is 23.3. The number of unbranched alkanes of at least 4 members (excludes halogenated alkanes) is 41. The van der Waals surface area contributed by atoms with E-state index in [0.29, 0.717) is 23.9 Å². The Balaban J connectivity index is 4.10. The van der Waals surface area contributed by atoms with E-state index in [0.717, 1.165) is 38.5 Å². The summed E-state index contributed by atoms with van der Waals surface area (Å²) in [6, 6.07) is -0.755. The number of amides is 1. The van der Waals surface area contributed by atoms with Crippen LogP contribution in [0, 0.1) is 0 Å². The first-order valence-corrected chi connectivity index (χ1v) is 30.4. The highest BCUT2D eigenvalue weighted by Crippen LogP contribution is 2.43. The molecule has 0 spiro atoms. The van der Waals surface area contributed by atoms with Gasteiger partial charge in [-0.25, -0.2) is 4.57 Å². The van der Waals surface area contributed by atoms with Crippen molar-refractivity contribution >= 4 is 13.7 Å². The number of nitrogens with zero attached hydrogens (tertiary/aromatic N) is 1. The first kappa shape index (κ1) is 64.5. The second-order valence-corrected chi connectivity index (χ2v) is 22.8. The van der Waals surface area contributed by atoms with Crippen LogP contribution in [0.5, 0.6) is 0 Å². The normalized spacial score (nSPS) is 13.9. The van der Waals surface area contributed by atoms with E-state index >= 15 is 0 Å². The minimum Gasteiger partial charge on any atom is -0.391 e. The summed E-state index contributed by atoms with van der Waals surface area (Å²) in [6.45, 7) is 4.94. The average Bonchev–Trinajstić information content (AvgIpc) is 3.26. The van der Waals surface area contributed by atoms with Crippen LogP contribution < -0.4 is 5.32 Å². The maximum atomic E-state index is 13.0. The van der Waals surface area contributed by atoms with E-state index in [2.05, 4.69) is 19.2 Å². The Labute approximate surface area is 406 Å². The van der Waals surface area contributed by atoms with Gasteiger partial charge in [0.05, 0.1) is 39.9 Å². The number of rotatable bonds is 54. The molecular weight excluding hydrogens is 828 g/mol. The second kappa shape index (κ2) is 48.5. The van der Waals surface area contributed by atoms with E-state index in [-0.39, 0.29) is 19.1 Å². The van der Waals surface area contributed by atoms with Gasteiger partial charge in [-0.2, -0.15) is 0 Å². The van der Waals surface area contributed by atoms with Crippen LogP contribution in [-0.4, -0.2) is 73.4 Å². The summed E-state index contributed by atoms with van der Waals surface area (Å²) in [5.74, 6) is -0.137. The van der Waals surface area contributed by atoms with Gasteiger partial charge in [0, 0.05) is 6.42 Å². The average molecular weight is 945 g/mol. The van der Waals surface area contributed by atoms with Gasteiger partial charge in [-0.1, -0.05) is 284 Å². The number of likely N-dealkylation sites (N-methyl/N-ethyl adjacent to an activating group) is 1. The molecule has 3 atom stereocenters. The van der Waals surface area contributed by atoms with E-state index in [9.17, 15) is 19.4 Å². The first-order chi connectivity index (χ1) is 31.5. The SMILES string of the molecule is CCCCCCCCCCCCCCCCCCCCCCCCCCCCC(O)C(COP(=O)(O)OCC[N+](C)(C)C)NC(=O)CCCCCCCCCCCCCCCCCCC. The molecule has 3 unspecified atom stereocenters. The number of hydrogen-bond donors (Lipinski definition) is 3. The van der Waals surface area contributed by atoms with Gasteiger partial charge in [0.2, 0.25) is 5.91 Å². The van der Waals surface area contributed by atoms with Gasteiger partial charge in [0.1, 0.15) is 13.2 Å². The topological polar surface area (TPSA) is 105 Å². The van der Waals surface area contributed by atoms with E-state index < -0.39 is 20.0 Å². The monoisotopic (exact) mass is 944 g/mol. The Kier molecular flexibility index (Phi) is 48.1. The third-order valence-corrected chi connectivity index (χ3v) is 14.6. The molecule has 0 heterocycles. The number of quaternary nitrogens is 1. The third-order valence-electron chi connectivity index (χ3n) is 13.6. The fraction of sp³-hybridized carbons (Fsp3) is 0.982. The Bertz CT molecular complexity index is 1030. The zero-order valence-electron chi connectivity index (χ0n) is 44.5. The molecule has 0 aromatic heterocycles. The van der Waals surface area contributed by atoms with Crippen molar-refractivity contribution in [3.8, 4) is 0 Å². The molecule has 0 rings (SSSR count). The molecule has 0 saturated heterocycles. The van der Waals surface area contributed by atoms with Crippen LogP contribution in [-0.2, 0) is 18.4 Å². The highest BCUT2D eigenvalue weighted by atomic mass is 31.2. The molecule has 390 valence electrons. The molecule has 0 aromatic rings. The molecule has 8 nitrogen and oxygen atoms in total. The fourth-order valence-corrected chi connectivity index (χ4v) is 9.79. The van der Waals surface area contributed by atoms with Crippen LogP contribution in [0.15, 0.2) is 0 Å². The summed E-state index contributed by atoms with van der Waals surface area (Å²) < 4.78 is 23.8. The lowest BCUT2D eigenvalue weighted by Gasteiger charge is -2.26. The van der Waals surface area contributed by atoms with Gasteiger partial charge in [-0.15, -0.1) is 0 Å². The molecule has 0 aliphatic carbocycles. The summed E-state index contributed by atoms with van der Waals surface area (Å²) in [5, 5.41) is 14.1. The first-order valence-electron chi connectivity index (χ1n) is 28.9. The van der Waals surface area contributed by atoms with Crippen LogP contribution in [0.3, 0.4) is 0 Å². The predicted molar refractivity (Wildman–Crippen MR) is 282 cm³/mol. The molecule has 9 heteroatoms. The number of nitrogens with one attached hydrogen (secondary N) is 1. The van der Waals surface area contributed by atoms with Crippen molar-refractivity contribution < 1.29 is 32.9 Å². The number of aliphatic hydroxyl groups is 1. The van der Waals surface area contributed by atoms with Gasteiger partial charge < -0.3 is 19.8 Å². The predicted octanol–water partition coefficient (Wildman–Crippen LogP) is 17.3. The zero-order chi connectivity index (χ0) is 47.8. The Morgan fingerprint density at radius 2 is 0.738 bits per heavy atom. The van der Waals surface area contributed by atoms with Crippen LogP contribution >= 0.6 is 7.82 Å². The molecule has 0 fully saturated rings. The lowest BCUT2D eigenvalue weighted by atomic mass is 10.0. The summed E-state index contributed by atoms with van der Waals surface area (Å²) in [6.07, 6.45) is 57.3. The van der Waals surface area contributed by atoms with Crippen LogP contribution in [0.2, 0.25) is 0 Å². The molecule has 1 amide bonds. The maximum Gasteiger partial charge on any atom is 0.472 e. The summed E-state index contributed by atoms with van der Waals surface area (Å²) in [7, 11) is 1.64. The molecule has 65 heavy (non-hydrogen) atoms. The lowest BCUT2D eigenvalue weighted by Crippen LogP contribution is -2.46. The van der Waals surface area contributed by atoms with E-state index in [1.807, 2.05) is 21.1 Å². The summed E-state index contributed by atoms with van der Waals surface area (Å²) in [5.41, 5.74) is 0. The maximum absolute atomic E-state index is 13.0. The molecular formula is C56H116N2O6P+. The van der Waals surface area contributed by atoms with Crippen molar-refractivity contribution in [2.24, 2.45) is 0 Å². The largest absolute Gasteiger partial charge is 0.472 e. The molecule has 0 saturated carbocycles. The molecule has 0 radical (unpaired) electrons. The standard InChI is InChI=1S/C56H115N2O6P/c1-6-8-10-12-14-16-18-20-22-24-25-26-27-28-29-30-31-32-34-35-37-39-41-43-45-47-49-55(59)54(53-64-65(61,62)63-52-51-58(3,4)5)57-56(60)50-48-46-44-42-40-38-36-33-23-21-19-17-15-13-11-9-7-2/h54-55,59H,6-53H2,1-5H3,(H-,57,60,61,62)/p+1. The van der Waals surface area contributed by atoms with Crippen LogP contribution in [0.25, 0.3) is 0 Å². The van der Waals surface area contributed by atoms with Gasteiger partial charge in [-0.3, -0.25) is 13.8 Å². The van der Waals surface area contributed by atoms with E-state index in [1.54, 1.807) is 0 Å². The zero-order valence-corrected chi connectivity index (χ0v) is 45.4. The van der Waals surface area contributed by atoms with E-state index in [4.69, 9.17) is 9.05 Å². The molecule has 0 aliphatic rings. The number of hydrogen-bond acceptors (Lipinski definition) is 5. The number of carbonyl (C=O) groups is 1. The highest BCUT2D eigenvalue weighted by molar-refractivity contribution is 7.47. The molecule has 0 aliphatic heterocycles. The van der Waals surface area contributed by atoms with Crippen LogP contribution in [0.1, 0.15) is 303 Å². The lowest BCUT2D eigenvalue weighted by molar-refractivity contribution is -0.870. The van der Waals surface area contributed by atoms with Gasteiger partial charge in [-0.05, 0) is 12.8 Å². The molecule has 0 aromatic carbocycles. The van der Waals surface area contributed by atoms with Crippen molar-refractivity contribution in [3.05, 3.63) is 0 Å². The van der Waals surface area contributed by atoms with Crippen molar-refractivity contribution in [2.75, 3.05) is 40.9 Å². The van der Waals surface area contributed by atoms with Crippen molar-refractivity contribution in [1.82, 2.24) is 5.32 Å². The number of carbonyl (C=O) groups excluding carboxylic acids is 1. The number of aliphatic hydroxyl groups excluding tert-OH is 1. The minimum absolute atomic E-state index is 0.0791. The number of phosphoric ester groups is 1. The molecule has 0 bridgehead atoms. The highest BCUT2D eigenvalue weighted by Gasteiger charge is 2.28. The number of phosphoric acid groups is 1. The van der Waals surface area contributed by atoms with E-state index in [1.165, 1.54) is 238 Å². The van der Waals surface area contributed by atoms with Gasteiger partial charge >= 0.3 is 7.82 Å². The third kappa shape index (κ3) is 51.2. The fourth-order valence-electron chi connectivity index (χ4n) is 9.05. The van der Waals surface area contributed by atoms with Crippen molar-refractivity contribution in [1.29, 1.82) is 0 Å². The minimum atomic E-state index is -4.32. The Morgan fingerprint density at radius 3 is 1.03 bits per heavy atom. The quantitative estimate of drug-likeness (QED) is 0.0319. The van der Waals surface area contributed by atoms with Crippen molar-refractivity contribution in [2.45, 2.75) is 315 Å². The second-order valence-electron chi connectivity index (χ2n) is 21.4.